The van der Waals surface area contributed by atoms with Gasteiger partial charge in [-0.25, -0.2) is 18.1 Å². The van der Waals surface area contributed by atoms with E-state index >= 15 is 0 Å². The molecule has 1 heterocycles. The maximum Gasteiger partial charge on any atom is 0.241 e. The number of pyridine rings is 1. The molecule has 0 saturated heterocycles. The van der Waals surface area contributed by atoms with Gasteiger partial charge >= 0.3 is 0 Å². The van der Waals surface area contributed by atoms with Crippen LogP contribution in [0.25, 0.3) is 0 Å². The normalized spacial score (nSPS) is 11.1. The van der Waals surface area contributed by atoms with Crippen molar-refractivity contribution in [3.8, 4) is 0 Å². The Bertz CT molecular complexity index is 530. The zero-order valence-corrected chi connectivity index (χ0v) is 11.8. The Morgan fingerprint density at radius 1 is 1.32 bits per heavy atom. The summed E-state index contributed by atoms with van der Waals surface area (Å²) in [6, 6.07) is 2.80. The highest BCUT2D eigenvalue weighted by Crippen LogP contribution is 2.12. The second-order valence-corrected chi connectivity index (χ2v) is 5.45. The van der Waals surface area contributed by atoms with Crippen LogP contribution < -0.4 is 15.4 Å². The number of amides is 1. The lowest BCUT2D eigenvalue weighted by Crippen LogP contribution is -2.36. The summed E-state index contributed by atoms with van der Waals surface area (Å²) in [6.45, 7) is 4.46. The molecular weight excluding hydrogens is 268 g/mol. The first-order valence-corrected chi connectivity index (χ1v) is 7.44. The molecule has 0 aliphatic carbocycles. The van der Waals surface area contributed by atoms with Gasteiger partial charge in [0.25, 0.3) is 0 Å². The van der Waals surface area contributed by atoms with E-state index < -0.39 is 10.0 Å². The molecule has 0 aliphatic heterocycles. The fraction of sp³-hybridized carbons (Fsp3) is 0.455. The summed E-state index contributed by atoms with van der Waals surface area (Å²) in [6.07, 6.45) is 1.40. The molecule has 0 fully saturated rings. The van der Waals surface area contributed by atoms with Crippen molar-refractivity contribution in [1.29, 1.82) is 0 Å². The molecule has 7 nitrogen and oxygen atoms in total. The van der Waals surface area contributed by atoms with E-state index in [-0.39, 0.29) is 17.3 Å². The average Bonchev–Trinajstić information content (AvgIpc) is 2.38. The van der Waals surface area contributed by atoms with Gasteiger partial charge in [0.15, 0.2) is 0 Å². The first kappa shape index (κ1) is 15.4. The Morgan fingerprint density at radius 2 is 2.05 bits per heavy atom. The van der Waals surface area contributed by atoms with Gasteiger partial charge in [0.05, 0.1) is 11.4 Å². The number of nitrogens with one attached hydrogen (secondary N) is 3. The summed E-state index contributed by atoms with van der Waals surface area (Å²) >= 11 is 0. The first-order chi connectivity index (χ1) is 8.99. The summed E-state index contributed by atoms with van der Waals surface area (Å²) in [4.78, 5) is 15.3. The monoisotopic (exact) mass is 286 g/mol. The molecule has 0 spiro atoms. The lowest BCUT2D eigenvalue weighted by atomic mass is 10.4. The fourth-order valence-electron chi connectivity index (χ4n) is 1.36. The van der Waals surface area contributed by atoms with Crippen molar-refractivity contribution in [2.75, 3.05) is 25.0 Å². The second kappa shape index (κ2) is 7.05. The molecule has 3 N–H and O–H groups in total. The Hall–Kier alpha value is -1.67. The first-order valence-electron chi connectivity index (χ1n) is 5.96. The van der Waals surface area contributed by atoms with Gasteiger partial charge in [0, 0.05) is 25.4 Å². The summed E-state index contributed by atoms with van der Waals surface area (Å²) in [5, 5.41) is 5.43. The molecule has 0 unspecified atom stereocenters. The van der Waals surface area contributed by atoms with Crippen LogP contribution in [0.4, 0.5) is 5.82 Å². The van der Waals surface area contributed by atoms with Crippen LogP contribution in [0.2, 0.25) is 0 Å². The molecule has 0 aliphatic rings. The van der Waals surface area contributed by atoms with E-state index in [1.165, 1.54) is 18.3 Å². The smallest absolute Gasteiger partial charge is 0.241 e. The van der Waals surface area contributed by atoms with Crippen LogP contribution >= 0.6 is 0 Å². The topological polar surface area (TPSA) is 100 Å². The minimum Gasteiger partial charge on any atom is -0.370 e. The third-order valence-corrected chi connectivity index (χ3v) is 3.60. The number of carbonyl (C=O) groups excluding carboxylic acids is 1. The van der Waals surface area contributed by atoms with E-state index in [0.29, 0.717) is 18.9 Å². The highest BCUT2D eigenvalue weighted by molar-refractivity contribution is 7.89. The number of nitrogens with zero attached hydrogens (tertiary/aromatic N) is 1. The third-order valence-electron chi connectivity index (χ3n) is 2.20. The van der Waals surface area contributed by atoms with Crippen LogP contribution in [0.3, 0.4) is 0 Å². The predicted octanol–water partition coefficient (Wildman–Crippen LogP) is -0.0722. The van der Waals surface area contributed by atoms with Crippen molar-refractivity contribution in [1.82, 2.24) is 15.0 Å². The zero-order valence-electron chi connectivity index (χ0n) is 10.9. The lowest BCUT2D eigenvalue weighted by Gasteiger charge is -2.08. The van der Waals surface area contributed by atoms with Crippen LogP contribution in [-0.4, -0.2) is 38.9 Å². The number of carbonyl (C=O) groups is 1. The Balaban J connectivity index is 2.76. The maximum absolute atomic E-state index is 12.0. The van der Waals surface area contributed by atoms with Gasteiger partial charge in [-0.1, -0.05) is 0 Å². The van der Waals surface area contributed by atoms with Crippen molar-refractivity contribution in [2.45, 2.75) is 18.7 Å². The Labute approximate surface area is 112 Å². The van der Waals surface area contributed by atoms with Crippen LogP contribution in [0.5, 0.6) is 0 Å². The van der Waals surface area contributed by atoms with E-state index in [0.717, 1.165) is 0 Å². The molecule has 1 amide bonds. The summed E-state index contributed by atoms with van der Waals surface area (Å²) < 4.78 is 26.1. The van der Waals surface area contributed by atoms with Gasteiger partial charge < -0.3 is 10.6 Å². The van der Waals surface area contributed by atoms with E-state index in [9.17, 15) is 13.2 Å². The van der Waals surface area contributed by atoms with Crippen LogP contribution in [0.15, 0.2) is 23.2 Å². The molecule has 0 aromatic carbocycles. The minimum absolute atomic E-state index is 0.0720. The number of anilines is 1. The quantitative estimate of drug-likeness (QED) is 0.651. The van der Waals surface area contributed by atoms with Crippen molar-refractivity contribution in [3.63, 3.8) is 0 Å². The number of hydrogen-bond donors (Lipinski definition) is 3. The predicted molar refractivity (Wildman–Crippen MR) is 72.3 cm³/mol. The average molecular weight is 286 g/mol. The van der Waals surface area contributed by atoms with Crippen molar-refractivity contribution in [2.24, 2.45) is 0 Å². The van der Waals surface area contributed by atoms with Gasteiger partial charge in [0.1, 0.15) is 5.82 Å². The number of rotatable bonds is 7. The molecule has 1 rings (SSSR count). The number of likely N-dealkylation sites (N-methyl/N-ethyl adjacent to an activating group) is 1. The van der Waals surface area contributed by atoms with Gasteiger partial charge in [-0.2, -0.15) is 0 Å². The molecule has 0 atom stereocenters. The molecule has 1 aromatic rings. The van der Waals surface area contributed by atoms with E-state index in [1.807, 2.05) is 6.92 Å². The molecular formula is C11H18N4O3S. The van der Waals surface area contributed by atoms with Crippen molar-refractivity contribution < 1.29 is 13.2 Å². The fourth-order valence-corrected chi connectivity index (χ4v) is 2.35. The van der Waals surface area contributed by atoms with E-state index in [4.69, 9.17) is 0 Å². The van der Waals surface area contributed by atoms with E-state index in [1.54, 1.807) is 6.92 Å². The van der Waals surface area contributed by atoms with Crippen LogP contribution in [-0.2, 0) is 14.8 Å². The molecule has 19 heavy (non-hydrogen) atoms. The molecule has 0 saturated carbocycles. The Kier molecular flexibility index (Phi) is 5.71. The highest BCUT2D eigenvalue weighted by atomic mass is 32.2. The van der Waals surface area contributed by atoms with Gasteiger partial charge in [-0.05, 0) is 19.9 Å². The Morgan fingerprint density at radius 3 is 2.68 bits per heavy atom. The summed E-state index contributed by atoms with van der Waals surface area (Å²) in [7, 11) is -3.71. The summed E-state index contributed by atoms with van der Waals surface area (Å²) in [5.74, 6) is 0.107. The maximum atomic E-state index is 12.0. The standard InChI is InChI=1S/C11H18N4O3S/c1-3-12-10-7-9(5-6-14-10)19(17,18)15-8-11(16)13-4-2/h5-7,15H,3-4,8H2,1-2H3,(H,12,14)(H,13,16). The zero-order chi connectivity index (χ0) is 14.3. The second-order valence-electron chi connectivity index (χ2n) is 3.69. The number of hydrogen-bond acceptors (Lipinski definition) is 5. The molecule has 8 heteroatoms. The summed E-state index contributed by atoms with van der Waals surface area (Å²) in [5.41, 5.74) is 0. The van der Waals surface area contributed by atoms with Crippen LogP contribution in [0.1, 0.15) is 13.8 Å². The third kappa shape index (κ3) is 4.84. The lowest BCUT2D eigenvalue weighted by molar-refractivity contribution is -0.119. The number of sulfonamides is 1. The van der Waals surface area contributed by atoms with Crippen molar-refractivity contribution in [3.05, 3.63) is 18.3 Å². The molecule has 106 valence electrons. The number of aromatic nitrogens is 1. The molecule has 1 aromatic heterocycles. The molecule has 0 radical (unpaired) electrons. The minimum atomic E-state index is -3.71. The van der Waals surface area contributed by atoms with Crippen LogP contribution in [0, 0.1) is 0 Å². The largest absolute Gasteiger partial charge is 0.370 e. The van der Waals surface area contributed by atoms with E-state index in [2.05, 4.69) is 20.3 Å². The SMILES string of the molecule is CCNC(=O)CNS(=O)(=O)c1ccnc(NCC)c1. The van der Waals surface area contributed by atoms with Gasteiger partial charge in [-0.3, -0.25) is 4.79 Å². The highest BCUT2D eigenvalue weighted by Gasteiger charge is 2.15. The molecule has 0 bridgehead atoms. The van der Waals surface area contributed by atoms with Gasteiger partial charge in [0.2, 0.25) is 15.9 Å². The van der Waals surface area contributed by atoms with Gasteiger partial charge in [-0.15, -0.1) is 0 Å². The van der Waals surface area contributed by atoms with Crippen molar-refractivity contribution >= 4 is 21.7 Å².